The monoisotopic (exact) mass is 184 g/mol. The van der Waals surface area contributed by atoms with E-state index in [4.69, 9.17) is 5.73 Å². The Hall–Kier alpha value is -0.0800. The molecule has 1 fully saturated rings. The summed E-state index contributed by atoms with van der Waals surface area (Å²) in [4.78, 5) is 2.66. The van der Waals surface area contributed by atoms with Gasteiger partial charge in [-0.05, 0) is 45.7 Å². The van der Waals surface area contributed by atoms with E-state index in [0.29, 0.717) is 0 Å². The van der Waals surface area contributed by atoms with Crippen LogP contribution in [0, 0.1) is 0 Å². The minimum atomic E-state index is 0.768. The maximum absolute atomic E-state index is 5.54. The van der Waals surface area contributed by atoms with Crippen LogP contribution in [0.15, 0.2) is 0 Å². The molecule has 1 unspecified atom stereocenters. The van der Waals surface area contributed by atoms with E-state index in [1.807, 2.05) is 0 Å². The van der Waals surface area contributed by atoms with Crippen LogP contribution in [0.5, 0.6) is 0 Å². The van der Waals surface area contributed by atoms with Crippen molar-refractivity contribution in [2.75, 3.05) is 13.1 Å². The quantitative estimate of drug-likeness (QED) is 0.655. The zero-order valence-corrected chi connectivity index (χ0v) is 9.13. The van der Waals surface area contributed by atoms with E-state index in [9.17, 15) is 0 Å². The molecule has 0 aliphatic heterocycles. The number of hydrogen-bond donors (Lipinski definition) is 1. The van der Waals surface area contributed by atoms with Gasteiger partial charge in [0.25, 0.3) is 0 Å². The van der Waals surface area contributed by atoms with Crippen LogP contribution in [-0.2, 0) is 0 Å². The third-order valence-electron chi connectivity index (χ3n) is 2.91. The Kier molecular flexibility index (Phi) is 4.74. The van der Waals surface area contributed by atoms with Crippen molar-refractivity contribution in [3.05, 3.63) is 0 Å². The van der Waals surface area contributed by atoms with Crippen LogP contribution in [0.3, 0.4) is 0 Å². The molecule has 2 N–H and O–H groups in total. The summed E-state index contributed by atoms with van der Waals surface area (Å²) in [6.45, 7) is 6.67. The zero-order valence-electron chi connectivity index (χ0n) is 9.13. The van der Waals surface area contributed by atoms with Crippen molar-refractivity contribution in [2.45, 2.75) is 58.0 Å². The van der Waals surface area contributed by atoms with E-state index >= 15 is 0 Å². The Morgan fingerprint density at radius 3 is 2.62 bits per heavy atom. The van der Waals surface area contributed by atoms with Gasteiger partial charge in [0.1, 0.15) is 0 Å². The Balaban J connectivity index is 2.27. The second kappa shape index (κ2) is 5.61. The summed E-state index contributed by atoms with van der Waals surface area (Å²) in [7, 11) is 0. The highest BCUT2D eigenvalue weighted by molar-refractivity contribution is 4.87. The van der Waals surface area contributed by atoms with E-state index in [-0.39, 0.29) is 0 Å². The second-order valence-corrected chi connectivity index (χ2v) is 4.25. The van der Waals surface area contributed by atoms with Gasteiger partial charge in [-0.1, -0.05) is 13.3 Å². The molecule has 1 rings (SSSR count). The first kappa shape index (κ1) is 11.0. The molecule has 0 aromatic rings. The first-order valence-electron chi connectivity index (χ1n) is 5.75. The zero-order chi connectivity index (χ0) is 9.68. The van der Waals surface area contributed by atoms with E-state index in [2.05, 4.69) is 18.7 Å². The lowest BCUT2D eigenvalue weighted by Crippen LogP contribution is -2.36. The average Bonchev–Trinajstić information content (AvgIpc) is 2.89. The molecule has 78 valence electrons. The molecule has 0 radical (unpaired) electrons. The largest absolute Gasteiger partial charge is 0.330 e. The van der Waals surface area contributed by atoms with Gasteiger partial charge in [0.2, 0.25) is 0 Å². The van der Waals surface area contributed by atoms with E-state index in [1.165, 1.54) is 32.2 Å². The van der Waals surface area contributed by atoms with Crippen LogP contribution in [0.25, 0.3) is 0 Å². The fourth-order valence-corrected chi connectivity index (χ4v) is 2.03. The number of nitrogens with zero attached hydrogens (tertiary/aromatic N) is 1. The predicted molar refractivity (Wildman–Crippen MR) is 57.8 cm³/mol. The number of hydrogen-bond acceptors (Lipinski definition) is 2. The molecule has 1 aliphatic rings. The third kappa shape index (κ3) is 3.65. The number of nitrogens with two attached hydrogens (primary N) is 1. The molecule has 0 heterocycles. The van der Waals surface area contributed by atoms with Gasteiger partial charge < -0.3 is 5.73 Å². The second-order valence-electron chi connectivity index (χ2n) is 4.25. The van der Waals surface area contributed by atoms with Gasteiger partial charge in [-0.25, -0.2) is 0 Å². The van der Waals surface area contributed by atoms with Crippen LogP contribution in [0.4, 0.5) is 0 Å². The summed E-state index contributed by atoms with van der Waals surface area (Å²) in [5.74, 6) is 0. The van der Waals surface area contributed by atoms with E-state index in [0.717, 1.165) is 25.0 Å². The maximum atomic E-state index is 5.54. The molecule has 1 atom stereocenters. The SMILES string of the molecule is CCCC(C)N(CCCN)C1CC1. The molecule has 13 heavy (non-hydrogen) atoms. The van der Waals surface area contributed by atoms with E-state index in [1.54, 1.807) is 0 Å². The first-order valence-corrected chi connectivity index (χ1v) is 5.75. The Morgan fingerprint density at radius 1 is 1.46 bits per heavy atom. The Bertz CT molecular complexity index is 132. The highest BCUT2D eigenvalue weighted by Gasteiger charge is 2.30. The maximum Gasteiger partial charge on any atom is 0.00992 e. The van der Waals surface area contributed by atoms with Crippen LogP contribution in [0.2, 0.25) is 0 Å². The summed E-state index contributed by atoms with van der Waals surface area (Å²) in [5, 5.41) is 0. The van der Waals surface area contributed by atoms with Gasteiger partial charge in [0.15, 0.2) is 0 Å². The molecule has 0 bridgehead atoms. The molecular weight excluding hydrogens is 160 g/mol. The van der Waals surface area contributed by atoms with Crippen molar-refractivity contribution in [3.63, 3.8) is 0 Å². The van der Waals surface area contributed by atoms with Crippen LogP contribution in [0.1, 0.15) is 46.0 Å². The highest BCUT2D eigenvalue weighted by Crippen LogP contribution is 2.29. The molecule has 1 aliphatic carbocycles. The van der Waals surface area contributed by atoms with Gasteiger partial charge in [0, 0.05) is 12.1 Å². The highest BCUT2D eigenvalue weighted by atomic mass is 15.2. The van der Waals surface area contributed by atoms with Crippen molar-refractivity contribution in [1.29, 1.82) is 0 Å². The molecular formula is C11H24N2. The van der Waals surface area contributed by atoms with Gasteiger partial charge in [-0.15, -0.1) is 0 Å². The molecule has 2 nitrogen and oxygen atoms in total. The lowest BCUT2D eigenvalue weighted by atomic mass is 10.1. The summed E-state index contributed by atoms with van der Waals surface area (Å²) < 4.78 is 0. The molecule has 0 aromatic carbocycles. The predicted octanol–water partition coefficient (Wildman–Crippen LogP) is 1.99. The van der Waals surface area contributed by atoms with Crippen molar-refractivity contribution < 1.29 is 0 Å². The molecule has 0 spiro atoms. The fraction of sp³-hybridized carbons (Fsp3) is 1.00. The lowest BCUT2D eigenvalue weighted by molar-refractivity contribution is 0.187. The molecule has 2 heteroatoms. The van der Waals surface area contributed by atoms with Crippen LogP contribution < -0.4 is 5.73 Å². The van der Waals surface area contributed by atoms with Crippen molar-refractivity contribution in [1.82, 2.24) is 4.90 Å². The third-order valence-corrected chi connectivity index (χ3v) is 2.91. The fourth-order valence-electron chi connectivity index (χ4n) is 2.03. The van der Waals surface area contributed by atoms with Crippen LogP contribution in [-0.4, -0.2) is 30.1 Å². The van der Waals surface area contributed by atoms with E-state index < -0.39 is 0 Å². The Morgan fingerprint density at radius 2 is 2.15 bits per heavy atom. The van der Waals surface area contributed by atoms with Gasteiger partial charge in [-0.2, -0.15) is 0 Å². The first-order chi connectivity index (χ1) is 6.29. The minimum Gasteiger partial charge on any atom is -0.330 e. The van der Waals surface area contributed by atoms with Gasteiger partial charge in [0.05, 0.1) is 0 Å². The standard InChI is InChI=1S/C11H24N2/c1-3-5-10(2)13(9-4-8-12)11-6-7-11/h10-11H,3-9,12H2,1-2H3. The smallest absolute Gasteiger partial charge is 0.00992 e. The molecule has 0 saturated heterocycles. The van der Waals surface area contributed by atoms with Gasteiger partial charge >= 0.3 is 0 Å². The molecule has 0 amide bonds. The molecule has 0 aromatic heterocycles. The van der Waals surface area contributed by atoms with Crippen LogP contribution >= 0.6 is 0 Å². The topological polar surface area (TPSA) is 29.3 Å². The Labute approximate surface area is 82.5 Å². The molecule has 1 saturated carbocycles. The summed E-state index contributed by atoms with van der Waals surface area (Å²) in [6, 6.07) is 1.66. The van der Waals surface area contributed by atoms with Crippen molar-refractivity contribution in [2.24, 2.45) is 5.73 Å². The number of rotatable bonds is 7. The van der Waals surface area contributed by atoms with Gasteiger partial charge in [-0.3, -0.25) is 4.90 Å². The van der Waals surface area contributed by atoms with Crippen molar-refractivity contribution in [3.8, 4) is 0 Å². The summed E-state index contributed by atoms with van der Waals surface area (Å²) in [5.41, 5.74) is 5.54. The lowest BCUT2D eigenvalue weighted by Gasteiger charge is -2.28. The summed E-state index contributed by atoms with van der Waals surface area (Å²) >= 11 is 0. The summed E-state index contributed by atoms with van der Waals surface area (Å²) in [6.07, 6.45) is 6.62. The van der Waals surface area contributed by atoms with Crippen molar-refractivity contribution >= 4 is 0 Å². The average molecular weight is 184 g/mol. The minimum absolute atomic E-state index is 0.768. The normalized spacial score (nSPS) is 19.4.